The number of hydrogen-bond donors (Lipinski definition) is 6. The standard InChI is InChI=1S/C10H20O.C10H20.C9H20N2.3C9H19N.C8H17N.3C7H15N.C5H11N.8C2H6/c1-10(2,3)8-4-6-9(11)7-5-8;1-10(2,3)9-7-5-4-6-8-9;1-9(2,3)11-6-4-8(10)5-7-11;1-8-4-6-9(7-5-8)10(2)3;1-8(2)10-6-4-9(3)5-7-10;1-8-4-5-9(6-8)7-10(2)3;1-7-4-5-8(6-7)9(2)3;2*1-6-2-4-7(8)5-3-6;1-6-3-2-4-7(8)5-6;1-4-2-3-5(4)6;8*1-2/h8-9,11H,4-7H2,1-3H3;9H,4-8H2,1-3H3;8H,4-7,10H2,1-3H3;3*8-9H,4-7H2,1-3H3;7-8H,4-6H2,1-3H3;3*6-7H,2-5,8H2,1H3;4-5H,2-3,6H2,1H3;8*1-2H3/t;;;;;8-,9+;7-,8+;;;6-,7+;4-,5+;;;;;;;;/m.....00..00......../s1. The number of nitrogens with two attached hydrogens (primary N) is 5. The number of likely N-dealkylation sites (tertiary alicyclic amines) is 2. The summed E-state index contributed by atoms with van der Waals surface area (Å²) in [7, 11) is 13.1. The Morgan fingerprint density at radius 1 is 0.316 bits per heavy atom. The van der Waals surface area contributed by atoms with Gasteiger partial charge in [-0.3, -0.25) is 4.90 Å². The second-order valence-electron chi connectivity index (χ2n) is 40.6. The fourth-order valence-corrected chi connectivity index (χ4v) is 17.2. The van der Waals surface area contributed by atoms with Crippen molar-refractivity contribution in [3.8, 4) is 0 Å². The lowest BCUT2D eigenvalue weighted by Crippen LogP contribution is -2.48. The molecule has 117 heavy (non-hydrogen) atoms. The molecule has 2 heterocycles. The zero-order valence-corrected chi connectivity index (χ0v) is 89.3. The highest BCUT2D eigenvalue weighted by molar-refractivity contribution is 4.85. The van der Waals surface area contributed by atoms with Crippen LogP contribution in [-0.4, -0.2) is 165 Å². The van der Waals surface area contributed by atoms with Gasteiger partial charge in [0.25, 0.3) is 0 Å². The SMILES string of the molecule is CC.CC.CC.CC.CC.CC.CC.CC.CC(C)(C)C1CCC(O)CC1.CC(C)(C)C1CCCCC1.CC(C)(C)N1CCC(N)CC1.CC1CCC(N(C)C)CC1.CC1CCC(N)CC1.CC1CCC(N)CC1.CC1CCN(C(C)C)CC1.C[C@H]1CCC[C@@H](N)C1.C[C@H]1CC[C@@H](CN(C)C)C1.C[C@H]1CC[C@@H](N(C)C)C1.C[C@H]1CC[C@H]1N. The monoisotopic (exact) mass is 1670 g/mol. The Morgan fingerprint density at radius 3 is 0.906 bits per heavy atom. The number of nitrogens with zero attached hydrogens (tertiary/aromatic N) is 5. The predicted octanol–water partition coefficient (Wildman–Crippen LogP) is 28.9. The van der Waals surface area contributed by atoms with E-state index in [0.717, 1.165) is 109 Å². The normalized spacial score (nSPS) is 28.9. The van der Waals surface area contributed by atoms with Gasteiger partial charge in [-0.1, -0.05) is 246 Å². The minimum Gasteiger partial charge on any atom is -0.393 e. The molecule has 0 unspecified atom stereocenters. The zero-order chi connectivity index (χ0) is 92.6. The van der Waals surface area contributed by atoms with E-state index in [0.29, 0.717) is 46.6 Å². The Labute approximate surface area is 744 Å². The van der Waals surface area contributed by atoms with Crippen molar-refractivity contribution in [2.24, 2.45) is 105 Å². The van der Waals surface area contributed by atoms with Crippen molar-refractivity contribution in [1.82, 2.24) is 24.5 Å². The topological polar surface area (TPSA) is 167 Å². The molecule has 2 aliphatic heterocycles. The predicted molar refractivity (Wildman–Crippen MR) is 542 cm³/mol. The lowest BCUT2D eigenvalue weighted by molar-refractivity contribution is 0.0725. The maximum absolute atomic E-state index is 9.29. The molecule has 0 spiro atoms. The highest BCUT2D eigenvalue weighted by Crippen LogP contribution is 2.39. The Hall–Kier alpha value is -0.440. The summed E-state index contributed by atoms with van der Waals surface area (Å²) >= 11 is 0. The molecule has 11 aliphatic rings. The van der Waals surface area contributed by atoms with Crippen LogP contribution < -0.4 is 28.7 Å². The van der Waals surface area contributed by atoms with Crippen molar-refractivity contribution < 1.29 is 5.11 Å². The third-order valence-corrected chi connectivity index (χ3v) is 26.1. The molecule has 11 N–H and O–H groups in total. The van der Waals surface area contributed by atoms with Crippen LogP contribution in [0.25, 0.3) is 0 Å². The molecule has 0 aromatic carbocycles. The zero-order valence-electron chi connectivity index (χ0n) is 89.3. The van der Waals surface area contributed by atoms with Gasteiger partial charge in [-0.2, -0.15) is 0 Å². The van der Waals surface area contributed by atoms with Gasteiger partial charge < -0.3 is 53.4 Å². The Bertz CT molecular complexity index is 1760. The van der Waals surface area contributed by atoms with E-state index < -0.39 is 0 Å². The van der Waals surface area contributed by atoms with Crippen molar-refractivity contribution in [1.29, 1.82) is 0 Å². The summed E-state index contributed by atoms with van der Waals surface area (Å²) in [6, 6.07) is 5.04. The maximum atomic E-state index is 9.29. The first kappa shape index (κ1) is 132. The quantitative estimate of drug-likeness (QED) is 0.155. The fourth-order valence-electron chi connectivity index (χ4n) is 17.2. The number of piperidine rings is 2. The number of hydrogen-bond acceptors (Lipinski definition) is 11. The van der Waals surface area contributed by atoms with Gasteiger partial charge in [-0.15, -0.1) is 0 Å². The van der Waals surface area contributed by atoms with Gasteiger partial charge in [0.1, 0.15) is 0 Å². The van der Waals surface area contributed by atoms with Crippen molar-refractivity contribution in [3.05, 3.63) is 0 Å². The van der Waals surface area contributed by atoms with E-state index in [-0.39, 0.29) is 6.10 Å². The summed E-state index contributed by atoms with van der Waals surface area (Å²) in [6.07, 6.45) is 49.5. The third kappa shape index (κ3) is 77.6. The maximum Gasteiger partial charge on any atom is 0.0540 e. The van der Waals surface area contributed by atoms with E-state index in [9.17, 15) is 5.11 Å². The van der Waals surface area contributed by atoms with Gasteiger partial charge in [0.05, 0.1) is 6.10 Å². The van der Waals surface area contributed by atoms with Crippen molar-refractivity contribution in [2.75, 3.05) is 75.0 Å². The summed E-state index contributed by atoms with van der Waals surface area (Å²) < 4.78 is 0. The van der Waals surface area contributed by atoms with E-state index in [4.69, 9.17) is 28.7 Å². The molecule has 9 aliphatic carbocycles. The summed E-state index contributed by atoms with van der Waals surface area (Å²) in [4.78, 5) is 12.1. The first-order chi connectivity index (χ1) is 55.0. The molecule has 11 nitrogen and oxygen atoms in total. The summed E-state index contributed by atoms with van der Waals surface area (Å²) in [5.41, 5.74) is 29.8. The second-order valence-corrected chi connectivity index (χ2v) is 40.6. The second kappa shape index (κ2) is 83.8. The Balaban J connectivity index is -0.000000183. The van der Waals surface area contributed by atoms with Crippen molar-refractivity contribution >= 4 is 0 Å². The summed E-state index contributed by atoms with van der Waals surface area (Å²) in [5.74, 6) is 10.3. The average Bonchev–Trinajstić information content (AvgIpc) is 1.20. The molecule has 0 aromatic heterocycles. The molecule has 0 bridgehead atoms. The van der Waals surface area contributed by atoms with Crippen LogP contribution in [0.3, 0.4) is 0 Å². The summed E-state index contributed by atoms with van der Waals surface area (Å²) in [6.45, 7) is 82.3. The molecule has 0 aromatic rings. The van der Waals surface area contributed by atoms with Gasteiger partial charge in [0.15, 0.2) is 0 Å². The first-order valence-electron chi connectivity index (χ1n) is 52.0. The Kier molecular flexibility index (Phi) is 94.6. The molecule has 11 heteroatoms. The van der Waals surface area contributed by atoms with Crippen LogP contribution in [0, 0.1) is 75.9 Å². The minimum absolute atomic E-state index is 0.00593. The van der Waals surface area contributed by atoms with Crippen molar-refractivity contribution in [3.63, 3.8) is 0 Å². The van der Waals surface area contributed by atoms with Crippen LogP contribution in [0.4, 0.5) is 0 Å². The lowest BCUT2D eigenvalue weighted by Gasteiger charge is -2.40. The smallest absolute Gasteiger partial charge is 0.0540 e. The number of aliphatic hydroxyl groups is 1. The lowest BCUT2D eigenvalue weighted by atomic mass is 9.72. The van der Waals surface area contributed by atoms with E-state index in [2.05, 4.69) is 198 Å². The van der Waals surface area contributed by atoms with Gasteiger partial charge in [-0.25, -0.2) is 0 Å². The van der Waals surface area contributed by atoms with Gasteiger partial charge in [-0.05, 0) is 365 Å². The van der Waals surface area contributed by atoms with E-state index in [1.165, 1.54) is 245 Å². The fraction of sp³-hybridized carbons (Fsp3) is 1.00. The largest absolute Gasteiger partial charge is 0.393 e. The molecule has 9 saturated carbocycles. The first-order valence-corrected chi connectivity index (χ1v) is 52.0. The highest BCUT2D eigenvalue weighted by atomic mass is 16.3. The molecule has 0 radical (unpaired) electrons. The van der Waals surface area contributed by atoms with Crippen LogP contribution in [0.2, 0.25) is 0 Å². The van der Waals surface area contributed by atoms with E-state index in [1.54, 1.807) is 0 Å². The van der Waals surface area contributed by atoms with Crippen LogP contribution in [0.1, 0.15) is 480 Å². The molecular weight excluding hydrogens is 1430 g/mol. The molecule has 0 amide bonds. The molecule has 718 valence electrons. The van der Waals surface area contributed by atoms with Crippen LogP contribution in [0.5, 0.6) is 0 Å². The number of aliphatic hydroxyl groups excluding tert-OH is 1. The average molecular weight is 1670 g/mol. The summed E-state index contributed by atoms with van der Waals surface area (Å²) in [5, 5.41) is 9.29. The van der Waals surface area contributed by atoms with Crippen LogP contribution in [-0.2, 0) is 0 Å². The van der Waals surface area contributed by atoms with E-state index in [1.807, 2.05) is 111 Å². The molecule has 8 atom stereocenters. The third-order valence-electron chi connectivity index (χ3n) is 26.1. The molecule has 2 saturated heterocycles. The van der Waals surface area contributed by atoms with Gasteiger partial charge in [0.2, 0.25) is 0 Å². The molecular formula is C106H238N10O. The molecule has 11 rings (SSSR count). The Morgan fingerprint density at radius 2 is 0.650 bits per heavy atom. The molecule has 11 fully saturated rings. The van der Waals surface area contributed by atoms with Crippen LogP contribution in [0.15, 0.2) is 0 Å². The minimum atomic E-state index is -0.00593. The van der Waals surface area contributed by atoms with Gasteiger partial charge >= 0.3 is 0 Å². The highest BCUT2D eigenvalue weighted by Gasteiger charge is 2.31. The van der Waals surface area contributed by atoms with Crippen LogP contribution >= 0.6 is 0 Å². The number of rotatable bonds is 5. The van der Waals surface area contributed by atoms with Crippen molar-refractivity contribution in [2.45, 2.75) is 540 Å². The van der Waals surface area contributed by atoms with Gasteiger partial charge in [0, 0.05) is 73.5 Å². The van der Waals surface area contributed by atoms with E-state index >= 15 is 0 Å².